The fourth-order valence-corrected chi connectivity index (χ4v) is 4.93. The summed E-state index contributed by atoms with van der Waals surface area (Å²) in [6.45, 7) is 2.17. The average molecular weight is 519 g/mol. The van der Waals surface area contributed by atoms with Crippen molar-refractivity contribution in [3.8, 4) is 11.5 Å². The first kappa shape index (κ1) is 33.1. The number of ether oxygens (including phenoxy) is 1. The van der Waals surface area contributed by atoms with Gasteiger partial charge >= 0.3 is 59.1 Å². The molecule has 0 saturated heterocycles. The number of hydrogen-bond donors (Lipinski definition) is 2. The molecule has 7 nitrogen and oxygen atoms in total. The van der Waals surface area contributed by atoms with E-state index in [1.165, 1.54) is 49.9 Å². The van der Waals surface area contributed by atoms with Crippen LogP contribution in [-0.4, -0.2) is 25.9 Å². The maximum atomic E-state index is 12.1. The van der Waals surface area contributed by atoms with E-state index in [2.05, 4.69) is 6.92 Å². The molecule has 0 amide bonds. The minimum Gasteiger partial charge on any atom is -1.00 e. The largest absolute Gasteiger partial charge is 1.00 e. The van der Waals surface area contributed by atoms with Gasteiger partial charge in [0.05, 0.1) is 0 Å². The molecule has 2 rings (SSSR count). The molecule has 2 N–H and O–H groups in total. The van der Waals surface area contributed by atoms with Crippen molar-refractivity contribution in [2.45, 2.75) is 74.5 Å². The molecule has 0 bridgehead atoms. The molecule has 0 atom stereocenters. The van der Waals surface area contributed by atoms with Crippen molar-refractivity contribution in [3.05, 3.63) is 48.0 Å². The molecule has 176 valence electrons. The Labute approximate surface area is 244 Å². The molecule has 0 spiro atoms. The van der Waals surface area contributed by atoms with Gasteiger partial charge in [-0.05, 0) is 36.6 Å². The van der Waals surface area contributed by atoms with Crippen LogP contribution in [0.5, 0.6) is 11.5 Å². The third-order valence-corrected chi connectivity index (χ3v) is 6.84. The van der Waals surface area contributed by atoms with Crippen molar-refractivity contribution < 1.29 is 92.6 Å². The monoisotopic (exact) mass is 518 g/mol. The van der Waals surface area contributed by atoms with Gasteiger partial charge in [0.25, 0.3) is 20.2 Å². The van der Waals surface area contributed by atoms with Crippen LogP contribution in [0.15, 0.2) is 52.3 Å². The zero-order valence-corrected chi connectivity index (χ0v) is 25.3. The molecule has 0 heterocycles. The van der Waals surface area contributed by atoms with Crippen LogP contribution in [0.1, 0.15) is 66.7 Å². The minimum absolute atomic E-state index is 0. The molecule has 33 heavy (non-hydrogen) atoms. The number of benzene rings is 2. The van der Waals surface area contributed by atoms with Gasteiger partial charge in [0.2, 0.25) is 0 Å². The molecule has 0 saturated carbocycles. The number of rotatable bonds is 13. The Balaban J connectivity index is -0.00000256. The standard InChI is InChI=1S/C22H30O7S2.2Na.2H/c1-2-3-4-5-6-7-8-9-13-18-14-12-16-20(22(18)31(26,27)28)29-19-15-10-11-17-21(19)30(23,24)25;;;;/h10-12,14-17H,2-9,13H2,1H3,(H,23,24,25)(H,26,27,28);;;;/q;2*+1;2*-1. The number of unbranched alkanes of at least 4 members (excludes halogenated alkanes) is 7. The normalized spacial score (nSPS) is 11.4. The van der Waals surface area contributed by atoms with E-state index in [0.717, 1.165) is 31.7 Å². The Morgan fingerprint density at radius 3 is 1.85 bits per heavy atom. The zero-order chi connectivity index (χ0) is 22.9. The maximum Gasteiger partial charge on any atom is 1.00 e. The molecule has 0 unspecified atom stereocenters. The van der Waals surface area contributed by atoms with Gasteiger partial charge in [-0.2, -0.15) is 16.8 Å². The van der Waals surface area contributed by atoms with Gasteiger partial charge in [-0.15, -0.1) is 0 Å². The smallest absolute Gasteiger partial charge is 1.00 e. The fourth-order valence-electron chi connectivity index (χ4n) is 3.45. The number of aryl methyl sites for hydroxylation is 1. The van der Waals surface area contributed by atoms with Crippen LogP contribution >= 0.6 is 0 Å². The second-order valence-electron chi connectivity index (χ2n) is 7.47. The number of para-hydroxylation sites is 1. The van der Waals surface area contributed by atoms with E-state index in [0.29, 0.717) is 12.0 Å². The van der Waals surface area contributed by atoms with Crippen molar-refractivity contribution in [1.82, 2.24) is 0 Å². The fraction of sp³-hybridized carbons (Fsp3) is 0.455. The minimum atomic E-state index is -4.63. The maximum absolute atomic E-state index is 12.1. The van der Waals surface area contributed by atoms with E-state index in [1.807, 2.05) is 0 Å². The summed E-state index contributed by atoms with van der Waals surface area (Å²) in [5.41, 5.74) is 0.398. The van der Waals surface area contributed by atoms with Crippen molar-refractivity contribution in [2.75, 3.05) is 0 Å². The summed E-state index contributed by atoms with van der Waals surface area (Å²) in [5.74, 6) is -0.435. The Morgan fingerprint density at radius 2 is 1.27 bits per heavy atom. The first-order valence-corrected chi connectivity index (χ1v) is 13.4. The summed E-state index contributed by atoms with van der Waals surface area (Å²) >= 11 is 0. The van der Waals surface area contributed by atoms with Gasteiger partial charge in [-0.1, -0.05) is 76.1 Å². The van der Waals surface area contributed by atoms with E-state index in [9.17, 15) is 25.9 Å². The Kier molecular flexibility index (Phi) is 16.0. The first-order valence-electron chi connectivity index (χ1n) is 10.5. The van der Waals surface area contributed by atoms with Crippen molar-refractivity contribution in [2.24, 2.45) is 0 Å². The van der Waals surface area contributed by atoms with Crippen LogP contribution < -0.4 is 63.9 Å². The predicted octanol–water partition coefficient (Wildman–Crippen LogP) is -0.111. The van der Waals surface area contributed by atoms with E-state index in [4.69, 9.17) is 4.74 Å². The van der Waals surface area contributed by atoms with E-state index in [-0.39, 0.29) is 78.4 Å². The number of hydrogen-bond acceptors (Lipinski definition) is 5. The zero-order valence-electron chi connectivity index (χ0n) is 21.7. The Bertz CT molecular complexity index is 1080. The predicted molar refractivity (Wildman–Crippen MR) is 121 cm³/mol. The van der Waals surface area contributed by atoms with Crippen molar-refractivity contribution in [1.29, 1.82) is 0 Å². The first-order chi connectivity index (χ1) is 14.6. The van der Waals surface area contributed by atoms with Crippen molar-refractivity contribution >= 4 is 20.2 Å². The van der Waals surface area contributed by atoms with E-state index < -0.39 is 25.1 Å². The molecule has 0 aromatic heterocycles. The summed E-state index contributed by atoms with van der Waals surface area (Å²) in [7, 11) is -9.21. The summed E-state index contributed by atoms with van der Waals surface area (Å²) in [4.78, 5) is -0.882. The molecule has 0 aliphatic carbocycles. The van der Waals surface area contributed by atoms with E-state index in [1.54, 1.807) is 12.1 Å². The van der Waals surface area contributed by atoms with Crippen LogP contribution in [0.2, 0.25) is 0 Å². The molecule has 2 aromatic carbocycles. The van der Waals surface area contributed by atoms with Gasteiger partial charge in [0.15, 0.2) is 0 Å². The molecular weight excluding hydrogens is 486 g/mol. The molecule has 0 aliphatic heterocycles. The molecular formula is C22H32Na2O7S2. The van der Waals surface area contributed by atoms with Crippen LogP contribution in [0.4, 0.5) is 0 Å². The van der Waals surface area contributed by atoms with Gasteiger partial charge in [0, 0.05) is 0 Å². The summed E-state index contributed by atoms with van der Waals surface area (Å²) in [5, 5.41) is 0. The Morgan fingerprint density at radius 1 is 0.727 bits per heavy atom. The molecule has 2 aromatic rings. The van der Waals surface area contributed by atoms with Crippen molar-refractivity contribution in [3.63, 3.8) is 0 Å². The van der Waals surface area contributed by atoms with Gasteiger partial charge < -0.3 is 7.59 Å². The second-order valence-corrected chi connectivity index (χ2v) is 10.2. The average Bonchev–Trinajstić information content (AvgIpc) is 2.69. The summed E-state index contributed by atoms with van der Waals surface area (Å²) < 4.78 is 72.1. The third kappa shape index (κ3) is 11.1. The topological polar surface area (TPSA) is 118 Å². The molecule has 0 fully saturated rings. The van der Waals surface area contributed by atoms with E-state index >= 15 is 0 Å². The third-order valence-electron chi connectivity index (χ3n) is 4.97. The SMILES string of the molecule is CCCCCCCCCCc1cccc(Oc2ccccc2S(=O)(=O)O)c1S(=O)(=O)O.[H-].[H-].[Na+].[Na+]. The van der Waals surface area contributed by atoms with Crippen LogP contribution in [-0.2, 0) is 26.7 Å². The molecule has 0 radical (unpaired) electrons. The summed E-state index contributed by atoms with van der Waals surface area (Å²) in [6.07, 6.45) is 9.19. The van der Waals surface area contributed by atoms with Gasteiger partial charge in [-0.3, -0.25) is 9.11 Å². The summed E-state index contributed by atoms with van der Waals surface area (Å²) in [6, 6.07) is 9.84. The van der Waals surface area contributed by atoms with Gasteiger partial charge in [0.1, 0.15) is 21.3 Å². The van der Waals surface area contributed by atoms with Crippen LogP contribution in [0.3, 0.4) is 0 Å². The second kappa shape index (κ2) is 15.9. The van der Waals surface area contributed by atoms with Gasteiger partial charge in [-0.25, -0.2) is 0 Å². The molecule has 11 heteroatoms. The quantitative estimate of drug-likeness (QED) is 0.216. The molecule has 0 aliphatic rings. The van der Waals surface area contributed by atoms with Crippen LogP contribution in [0, 0.1) is 0 Å². The Hall–Kier alpha value is 0.0600. The van der Waals surface area contributed by atoms with Crippen LogP contribution in [0.25, 0.3) is 0 Å².